The Kier molecular flexibility index (Phi) is 8.80. The highest BCUT2D eigenvalue weighted by atomic mass is 19.4. The van der Waals surface area contributed by atoms with E-state index in [9.17, 15) is 37.6 Å². The number of carbonyl (C=O) groups excluding carboxylic acids is 4. The van der Waals surface area contributed by atoms with Crippen LogP contribution in [0.1, 0.15) is 53.9 Å². The number of alkyl halides is 3. The fraction of sp³-hybridized carbons (Fsp3) is 0.367. The second kappa shape index (κ2) is 12.2. The Bertz CT molecular complexity index is 1540. The van der Waals surface area contributed by atoms with Crippen LogP contribution in [0.4, 0.5) is 23.7 Å². The van der Waals surface area contributed by atoms with Crippen molar-refractivity contribution >= 4 is 29.5 Å². The van der Waals surface area contributed by atoms with Gasteiger partial charge in [0, 0.05) is 51.4 Å². The fourth-order valence-electron chi connectivity index (χ4n) is 5.33. The third-order valence-electron chi connectivity index (χ3n) is 7.53. The first-order valence-corrected chi connectivity index (χ1v) is 13.5. The average Bonchev–Trinajstić information content (AvgIpc) is 2.98. The van der Waals surface area contributed by atoms with Crippen LogP contribution < -0.4 is 4.90 Å². The molecule has 10 nitrogen and oxygen atoms in total. The minimum absolute atomic E-state index is 0.0247. The number of ether oxygens (including phenoxy) is 1. The summed E-state index contributed by atoms with van der Waals surface area (Å²) in [5.74, 6) is -1.40. The lowest BCUT2D eigenvalue weighted by atomic mass is 9.88. The molecule has 0 aliphatic carbocycles. The van der Waals surface area contributed by atoms with Crippen molar-refractivity contribution in [2.24, 2.45) is 0 Å². The topological polar surface area (TPSA) is 114 Å². The Morgan fingerprint density at radius 1 is 1.05 bits per heavy atom. The molecule has 4 amide bonds. The van der Waals surface area contributed by atoms with Crippen LogP contribution in [-0.4, -0.2) is 78.3 Å². The number of benzene rings is 2. The summed E-state index contributed by atoms with van der Waals surface area (Å²) < 4.78 is 45.9. The molecule has 2 aromatic carbocycles. The van der Waals surface area contributed by atoms with Gasteiger partial charge in [0.25, 0.3) is 5.91 Å². The van der Waals surface area contributed by atoms with E-state index in [1.165, 1.54) is 50.1 Å². The molecule has 4 rings (SSSR count). The SMILES string of the molecule is CCOC(=O)C1=C(C)N(c2cccc(C(F)(F)F)c2)C(=O)N(C)C1c1ccc(C#N)cc1C(=O)N1CCN(C(C)=O)CC1. The van der Waals surface area contributed by atoms with Crippen LogP contribution in [0.5, 0.6) is 0 Å². The summed E-state index contributed by atoms with van der Waals surface area (Å²) in [6, 6.07) is 8.59. The molecule has 1 unspecified atom stereocenters. The van der Waals surface area contributed by atoms with Gasteiger partial charge in [-0.1, -0.05) is 12.1 Å². The van der Waals surface area contributed by atoms with Gasteiger partial charge in [-0.25, -0.2) is 9.59 Å². The predicted molar refractivity (Wildman–Crippen MR) is 148 cm³/mol. The van der Waals surface area contributed by atoms with Gasteiger partial charge >= 0.3 is 18.2 Å². The lowest BCUT2D eigenvalue weighted by Crippen LogP contribution is -2.51. The van der Waals surface area contributed by atoms with Gasteiger partial charge < -0.3 is 19.4 Å². The lowest BCUT2D eigenvalue weighted by Gasteiger charge is -2.42. The number of halogens is 3. The van der Waals surface area contributed by atoms with Gasteiger partial charge in [0.05, 0.1) is 41.1 Å². The molecule has 0 saturated carbocycles. The number of likely N-dealkylation sites (N-methyl/N-ethyl adjacent to an activating group) is 1. The summed E-state index contributed by atoms with van der Waals surface area (Å²) in [6.45, 7) is 5.52. The van der Waals surface area contributed by atoms with Gasteiger partial charge in [0.1, 0.15) is 0 Å². The number of urea groups is 1. The standard InChI is InChI=1S/C30H30F3N5O5/c1-5-43-28(41)25-18(2)38(22-8-6-7-21(16-22)30(31,32)33)29(42)35(4)26(25)23-10-9-20(17-34)15-24(23)27(40)37-13-11-36(12-14-37)19(3)39/h6-10,15-16,26H,5,11-14H2,1-4H3. The number of anilines is 1. The number of carbonyl (C=O) groups is 4. The zero-order chi connectivity index (χ0) is 31.6. The van der Waals surface area contributed by atoms with Crippen LogP contribution >= 0.6 is 0 Å². The summed E-state index contributed by atoms with van der Waals surface area (Å²) in [6.07, 6.45) is -4.67. The van der Waals surface area contributed by atoms with E-state index in [2.05, 4.69) is 0 Å². The van der Waals surface area contributed by atoms with Crippen LogP contribution in [0, 0.1) is 11.3 Å². The molecule has 0 bridgehead atoms. The molecule has 1 atom stereocenters. The number of allylic oxidation sites excluding steroid dienone is 1. The zero-order valence-electron chi connectivity index (χ0n) is 24.1. The molecular weight excluding hydrogens is 567 g/mol. The van der Waals surface area contributed by atoms with Crippen LogP contribution in [0.15, 0.2) is 53.7 Å². The van der Waals surface area contributed by atoms with E-state index in [1.54, 1.807) is 11.8 Å². The number of hydrogen-bond donors (Lipinski definition) is 0. The van der Waals surface area contributed by atoms with Crippen LogP contribution in [0.3, 0.4) is 0 Å². The van der Waals surface area contributed by atoms with Crippen molar-refractivity contribution < 1.29 is 37.1 Å². The molecule has 0 radical (unpaired) electrons. The Hall–Kier alpha value is -4.86. The highest BCUT2D eigenvalue weighted by Crippen LogP contribution is 2.41. The Labute approximate surface area is 246 Å². The third-order valence-corrected chi connectivity index (χ3v) is 7.53. The molecule has 43 heavy (non-hydrogen) atoms. The van der Waals surface area contributed by atoms with E-state index in [0.29, 0.717) is 13.1 Å². The Balaban J connectivity index is 1.87. The van der Waals surface area contributed by atoms with Crippen molar-refractivity contribution in [2.75, 3.05) is 44.7 Å². The van der Waals surface area contributed by atoms with E-state index in [-0.39, 0.29) is 59.3 Å². The Morgan fingerprint density at radius 2 is 1.70 bits per heavy atom. The summed E-state index contributed by atoms with van der Waals surface area (Å²) in [5.41, 5.74) is -0.628. The summed E-state index contributed by atoms with van der Waals surface area (Å²) in [5, 5.41) is 9.58. The third kappa shape index (κ3) is 6.04. The van der Waals surface area contributed by atoms with Gasteiger partial charge in [-0.05, 0) is 49.7 Å². The monoisotopic (exact) mass is 597 g/mol. The van der Waals surface area contributed by atoms with Gasteiger partial charge in [0.15, 0.2) is 0 Å². The molecule has 0 aromatic heterocycles. The van der Waals surface area contributed by atoms with Gasteiger partial charge in [-0.2, -0.15) is 18.4 Å². The smallest absolute Gasteiger partial charge is 0.416 e. The summed E-state index contributed by atoms with van der Waals surface area (Å²) >= 11 is 0. The van der Waals surface area contributed by atoms with Crippen molar-refractivity contribution in [2.45, 2.75) is 33.0 Å². The number of nitriles is 1. The predicted octanol–water partition coefficient (Wildman–Crippen LogP) is 4.33. The Morgan fingerprint density at radius 3 is 2.28 bits per heavy atom. The van der Waals surface area contributed by atoms with Crippen molar-refractivity contribution in [1.82, 2.24) is 14.7 Å². The van der Waals surface area contributed by atoms with E-state index < -0.39 is 35.7 Å². The van der Waals surface area contributed by atoms with Crippen molar-refractivity contribution in [3.05, 3.63) is 76.0 Å². The summed E-state index contributed by atoms with van der Waals surface area (Å²) in [7, 11) is 1.37. The van der Waals surface area contributed by atoms with Crippen LogP contribution in [0.2, 0.25) is 0 Å². The second-order valence-electron chi connectivity index (χ2n) is 10.1. The first-order chi connectivity index (χ1) is 20.3. The van der Waals surface area contributed by atoms with Crippen molar-refractivity contribution in [3.8, 4) is 6.07 Å². The van der Waals surface area contributed by atoms with Crippen molar-refractivity contribution in [3.63, 3.8) is 0 Å². The van der Waals surface area contributed by atoms with Crippen LogP contribution in [0.25, 0.3) is 0 Å². The molecule has 226 valence electrons. The van der Waals surface area contributed by atoms with E-state index in [4.69, 9.17) is 4.74 Å². The highest BCUT2D eigenvalue weighted by Gasteiger charge is 2.43. The van der Waals surface area contributed by atoms with E-state index in [0.717, 1.165) is 28.0 Å². The molecule has 2 aromatic rings. The minimum Gasteiger partial charge on any atom is -0.463 e. The maximum Gasteiger partial charge on any atom is 0.416 e. The number of esters is 1. The first-order valence-electron chi connectivity index (χ1n) is 13.5. The molecule has 2 heterocycles. The largest absolute Gasteiger partial charge is 0.463 e. The zero-order valence-corrected chi connectivity index (χ0v) is 24.1. The molecular formula is C30H30F3N5O5. The molecule has 2 aliphatic heterocycles. The molecule has 0 N–H and O–H groups in total. The number of hydrogen-bond acceptors (Lipinski definition) is 6. The maximum absolute atomic E-state index is 13.9. The molecule has 0 spiro atoms. The molecule has 2 aliphatic rings. The molecule has 1 fully saturated rings. The summed E-state index contributed by atoms with van der Waals surface area (Å²) in [4.78, 5) is 58.2. The van der Waals surface area contributed by atoms with Gasteiger partial charge in [0.2, 0.25) is 5.91 Å². The fourth-order valence-corrected chi connectivity index (χ4v) is 5.33. The molecule has 1 saturated heterocycles. The number of piperazine rings is 1. The van der Waals surface area contributed by atoms with Crippen LogP contribution in [-0.2, 0) is 20.5 Å². The van der Waals surface area contributed by atoms with Gasteiger partial charge in [-0.15, -0.1) is 0 Å². The second-order valence-corrected chi connectivity index (χ2v) is 10.1. The van der Waals surface area contributed by atoms with E-state index >= 15 is 0 Å². The lowest BCUT2D eigenvalue weighted by molar-refractivity contribution is -0.139. The number of rotatable bonds is 5. The number of nitrogens with zero attached hydrogens (tertiary/aromatic N) is 5. The minimum atomic E-state index is -4.67. The normalized spacial score (nSPS) is 17.6. The highest BCUT2D eigenvalue weighted by molar-refractivity contribution is 6.04. The molecule has 13 heteroatoms. The maximum atomic E-state index is 13.9. The first kappa shape index (κ1) is 31.1. The van der Waals surface area contributed by atoms with E-state index in [1.807, 2.05) is 6.07 Å². The quantitative estimate of drug-likeness (QED) is 0.474. The average molecular weight is 598 g/mol. The number of amides is 4. The van der Waals surface area contributed by atoms with Crippen molar-refractivity contribution in [1.29, 1.82) is 5.26 Å². The van der Waals surface area contributed by atoms with Gasteiger partial charge in [-0.3, -0.25) is 14.5 Å².